The molecule has 1 nitrogen and oxygen atoms in total. The Morgan fingerprint density at radius 2 is 2.00 bits per heavy atom. The van der Waals surface area contributed by atoms with Crippen molar-refractivity contribution >= 4 is 18.4 Å². The van der Waals surface area contributed by atoms with Gasteiger partial charge in [-0.05, 0) is 16.9 Å². The average Bonchev–Trinajstić information content (AvgIpc) is 2.17. The molecule has 0 radical (unpaired) electrons. The topological polar surface area (TPSA) is 17.1 Å². The second-order valence-corrected chi connectivity index (χ2v) is 3.04. The fourth-order valence-corrected chi connectivity index (χ4v) is 1.51. The van der Waals surface area contributed by atoms with E-state index < -0.39 is 0 Å². The van der Waals surface area contributed by atoms with Gasteiger partial charge in [0, 0.05) is 5.92 Å². The van der Waals surface area contributed by atoms with Crippen molar-refractivity contribution in [3.05, 3.63) is 34.7 Å². The summed E-state index contributed by atoms with van der Waals surface area (Å²) in [5.41, 5.74) is 0. The first-order valence-corrected chi connectivity index (χ1v) is 4.12. The Bertz CT molecular complexity index is 403. The lowest BCUT2D eigenvalue weighted by Crippen LogP contribution is -2.28. The summed E-state index contributed by atoms with van der Waals surface area (Å²) in [7, 11) is 0. The third kappa shape index (κ3) is 1.18. The van der Waals surface area contributed by atoms with Crippen molar-refractivity contribution in [3.63, 3.8) is 0 Å². The fourth-order valence-electron chi connectivity index (χ4n) is 1.51. The van der Waals surface area contributed by atoms with Crippen LogP contribution in [0.25, 0.3) is 12.2 Å². The molecule has 0 N–H and O–H groups in total. The molecule has 0 saturated carbocycles. The zero-order valence-electron chi connectivity index (χ0n) is 6.73. The number of hydrogen-bond donors (Lipinski definition) is 0. The highest BCUT2D eigenvalue weighted by atomic mass is 16.1. The fraction of sp³-hybridized carbons (Fsp3) is 0.182. The predicted molar refractivity (Wildman–Crippen MR) is 48.8 cm³/mol. The maximum absolute atomic E-state index is 10.5. The highest BCUT2D eigenvalue weighted by molar-refractivity contribution is 5.66. The average molecular weight is 158 g/mol. The Morgan fingerprint density at radius 3 is 2.75 bits per heavy atom. The molecule has 0 spiro atoms. The summed E-state index contributed by atoms with van der Waals surface area (Å²) in [5.74, 6) is 0.0832. The van der Waals surface area contributed by atoms with Crippen LogP contribution in [0.1, 0.15) is 6.42 Å². The van der Waals surface area contributed by atoms with Crippen molar-refractivity contribution in [3.8, 4) is 0 Å². The van der Waals surface area contributed by atoms with Crippen molar-refractivity contribution in [2.75, 3.05) is 0 Å². The van der Waals surface area contributed by atoms with Crippen LogP contribution in [-0.2, 0) is 4.79 Å². The highest BCUT2D eigenvalue weighted by Gasteiger charge is 2.03. The summed E-state index contributed by atoms with van der Waals surface area (Å²) in [6, 6.07) is 8.13. The van der Waals surface area contributed by atoms with Crippen LogP contribution in [-0.4, -0.2) is 6.29 Å². The van der Waals surface area contributed by atoms with Crippen LogP contribution in [0.5, 0.6) is 0 Å². The van der Waals surface area contributed by atoms with E-state index in [0.29, 0.717) is 0 Å². The molecule has 0 fully saturated rings. The van der Waals surface area contributed by atoms with Crippen molar-refractivity contribution < 1.29 is 4.79 Å². The summed E-state index contributed by atoms with van der Waals surface area (Å²) in [6.07, 6.45) is 6.00. The lowest BCUT2D eigenvalue weighted by atomic mass is 9.99. The summed E-state index contributed by atoms with van der Waals surface area (Å²) >= 11 is 0. The van der Waals surface area contributed by atoms with Gasteiger partial charge in [-0.2, -0.15) is 0 Å². The molecule has 0 bridgehead atoms. The minimum absolute atomic E-state index is 0.0832. The van der Waals surface area contributed by atoms with Crippen LogP contribution < -0.4 is 10.4 Å². The van der Waals surface area contributed by atoms with E-state index >= 15 is 0 Å². The number of carbonyl (C=O) groups is 1. The summed E-state index contributed by atoms with van der Waals surface area (Å²) in [6.45, 7) is 0. The van der Waals surface area contributed by atoms with E-state index in [4.69, 9.17) is 0 Å². The molecule has 1 aromatic rings. The molecule has 0 heterocycles. The number of rotatable bonds is 1. The first kappa shape index (κ1) is 7.29. The van der Waals surface area contributed by atoms with E-state index in [0.717, 1.165) is 12.7 Å². The molecule has 2 rings (SSSR count). The molecule has 12 heavy (non-hydrogen) atoms. The number of carbonyl (C=O) groups excluding carboxylic acids is 1. The van der Waals surface area contributed by atoms with Crippen LogP contribution >= 0.6 is 0 Å². The quantitative estimate of drug-likeness (QED) is 0.543. The van der Waals surface area contributed by atoms with Gasteiger partial charge in [-0.25, -0.2) is 0 Å². The second kappa shape index (κ2) is 2.94. The van der Waals surface area contributed by atoms with Crippen molar-refractivity contribution in [2.45, 2.75) is 6.42 Å². The van der Waals surface area contributed by atoms with Gasteiger partial charge in [0.2, 0.25) is 0 Å². The third-order valence-corrected chi connectivity index (χ3v) is 2.17. The van der Waals surface area contributed by atoms with E-state index in [9.17, 15) is 4.79 Å². The molecule has 0 amide bonds. The van der Waals surface area contributed by atoms with Crippen LogP contribution in [0.4, 0.5) is 0 Å². The molecule has 1 heteroatoms. The van der Waals surface area contributed by atoms with Crippen molar-refractivity contribution in [1.82, 2.24) is 0 Å². The normalized spacial score (nSPS) is 20.2. The van der Waals surface area contributed by atoms with Crippen LogP contribution in [0, 0.1) is 5.92 Å². The molecule has 1 aromatic carbocycles. The lowest BCUT2D eigenvalue weighted by molar-refractivity contribution is -0.109. The Kier molecular flexibility index (Phi) is 1.78. The van der Waals surface area contributed by atoms with E-state index in [2.05, 4.69) is 12.1 Å². The predicted octanol–water partition coefficient (Wildman–Crippen LogP) is 0.466. The summed E-state index contributed by atoms with van der Waals surface area (Å²) in [4.78, 5) is 10.5. The Labute approximate surface area is 71.0 Å². The minimum Gasteiger partial charge on any atom is -0.303 e. The lowest BCUT2D eigenvalue weighted by Gasteiger charge is -2.05. The molecule has 1 atom stereocenters. The summed E-state index contributed by atoms with van der Waals surface area (Å²) in [5, 5.41) is 2.43. The van der Waals surface area contributed by atoms with Gasteiger partial charge in [-0.3, -0.25) is 0 Å². The van der Waals surface area contributed by atoms with Gasteiger partial charge in [-0.15, -0.1) is 0 Å². The SMILES string of the molecule is O=CC1C=c2ccccc2=CC1. The molecular weight excluding hydrogens is 148 g/mol. The highest BCUT2D eigenvalue weighted by Crippen LogP contribution is 2.03. The zero-order valence-corrected chi connectivity index (χ0v) is 6.73. The molecule has 1 aliphatic carbocycles. The van der Waals surface area contributed by atoms with Crippen LogP contribution in [0.3, 0.4) is 0 Å². The van der Waals surface area contributed by atoms with E-state index in [1.807, 2.05) is 24.3 Å². The monoisotopic (exact) mass is 158 g/mol. The maximum atomic E-state index is 10.5. The third-order valence-electron chi connectivity index (χ3n) is 2.17. The largest absolute Gasteiger partial charge is 0.303 e. The molecule has 1 unspecified atom stereocenters. The van der Waals surface area contributed by atoms with Gasteiger partial charge in [-0.1, -0.05) is 36.4 Å². The van der Waals surface area contributed by atoms with E-state index in [1.165, 1.54) is 10.4 Å². The van der Waals surface area contributed by atoms with Crippen molar-refractivity contribution in [1.29, 1.82) is 0 Å². The van der Waals surface area contributed by atoms with Gasteiger partial charge in [0.1, 0.15) is 6.29 Å². The van der Waals surface area contributed by atoms with Gasteiger partial charge >= 0.3 is 0 Å². The first-order valence-electron chi connectivity index (χ1n) is 4.12. The summed E-state index contributed by atoms with van der Waals surface area (Å²) < 4.78 is 0. The van der Waals surface area contributed by atoms with Gasteiger partial charge in [0.25, 0.3) is 0 Å². The van der Waals surface area contributed by atoms with Crippen molar-refractivity contribution in [2.24, 2.45) is 5.92 Å². The standard InChI is InChI=1S/C11H10O/c12-8-9-5-6-10-3-1-2-4-11(10)7-9/h1-4,6-9H,5H2. The van der Waals surface area contributed by atoms with E-state index in [1.54, 1.807) is 0 Å². The maximum Gasteiger partial charge on any atom is 0.127 e. The molecule has 60 valence electrons. The first-order chi connectivity index (χ1) is 5.90. The number of hydrogen-bond acceptors (Lipinski definition) is 1. The molecule has 0 aliphatic heterocycles. The minimum atomic E-state index is 0.0832. The smallest absolute Gasteiger partial charge is 0.127 e. The van der Waals surface area contributed by atoms with Gasteiger partial charge in [0.15, 0.2) is 0 Å². The number of fused-ring (bicyclic) bond motifs is 1. The number of benzene rings is 1. The molecular formula is C11H10O. The van der Waals surface area contributed by atoms with Crippen LogP contribution in [0.15, 0.2) is 24.3 Å². The Balaban J connectivity index is 2.63. The van der Waals surface area contributed by atoms with E-state index in [-0.39, 0.29) is 5.92 Å². The second-order valence-electron chi connectivity index (χ2n) is 3.04. The molecule has 0 aromatic heterocycles. The molecule has 1 aliphatic rings. The van der Waals surface area contributed by atoms with Crippen LogP contribution in [0.2, 0.25) is 0 Å². The Hall–Kier alpha value is -1.37. The Morgan fingerprint density at radius 1 is 1.25 bits per heavy atom. The van der Waals surface area contributed by atoms with Gasteiger partial charge < -0.3 is 4.79 Å². The van der Waals surface area contributed by atoms with Gasteiger partial charge in [0.05, 0.1) is 0 Å². The number of aldehydes is 1. The molecule has 0 saturated heterocycles. The zero-order chi connectivity index (χ0) is 8.39.